The number of amides is 2. The van der Waals surface area contributed by atoms with Gasteiger partial charge in [-0.15, -0.1) is 0 Å². The maximum Gasteiger partial charge on any atom is 0.417 e. The molecule has 0 spiro atoms. The van der Waals surface area contributed by atoms with Crippen LogP contribution in [0.15, 0.2) is 22.9 Å². The molecule has 0 fully saturated rings. The number of carbonyl (C=O) groups is 2. The van der Waals surface area contributed by atoms with Gasteiger partial charge in [0.05, 0.1) is 6.54 Å². The van der Waals surface area contributed by atoms with Gasteiger partial charge in [-0.2, -0.15) is 0 Å². The van der Waals surface area contributed by atoms with Crippen molar-refractivity contribution in [3.8, 4) is 0 Å². The number of hydrogen-bond donors (Lipinski definition) is 2. The topological polar surface area (TPSA) is 105 Å². The van der Waals surface area contributed by atoms with Gasteiger partial charge in [-0.3, -0.25) is 10.7 Å². The van der Waals surface area contributed by atoms with Crippen molar-refractivity contribution in [1.29, 1.82) is 5.41 Å². The number of nitrogens with one attached hydrogen (secondary N) is 2. The fourth-order valence-corrected chi connectivity index (χ4v) is 1.94. The van der Waals surface area contributed by atoms with Crippen LogP contribution in [0.25, 0.3) is 0 Å². The maximum absolute atomic E-state index is 12.5. The van der Waals surface area contributed by atoms with Gasteiger partial charge in [-0.05, 0) is 69.1 Å². The molecule has 0 radical (unpaired) electrons. The third-order valence-corrected chi connectivity index (χ3v) is 3.10. The molecule has 1 rings (SSSR count). The molecule has 0 atom stereocenters. The van der Waals surface area contributed by atoms with Crippen molar-refractivity contribution in [3.05, 3.63) is 28.5 Å². The average Bonchev–Trinajstić information content (AvgIpc) is 2.42. The molecule has 0 aliphatic rings. The van der Waals surface area contributed by atoms with Crippen LogP contribution in [-0.4, -0.2) is 39.2 Å². The molecule has 8 nitrogen and oxygen atoms in total. The van der Waals surface area contributed by atoms with Crippen LogP contribution in [-0.2, 0) is 16.0 Å². The number of carbonyl (C=O) groups excluding carboxylic acids is 2. The number of rotatable bonds is 2. The molecule has 0 aliphatic heterocycles. The van der Waals surface area contributed by atoms with E-state index in [4.69, 9.17) is 14.9 Å². The van der Waals surface area contributed by atoms with Crippen LogP contribution in [0, 0.1) is 5.41 Å². The zero-order valence-corrected chi connectivity index (χ0v) is 17.4. The summed E-state index contributed by atoms with van der Waals surface area (Å²) < 4.78 is 11.1. The normalized spacial score (nSPS) is 11.5. The molecule has 2 amide bonds. The van der Waals surface area contributed by atoms with E-state index in [1.54, 1.807) is 59.9 Å². The van der Waals surface area contributed by atoms with Crippen molar-refractivity contribution in [2.45, 2.75) is 59.3 Å². The number of alkyl carbamates (subject to hydrolysis) is 1. The quantitative estimate of drug-likeness (QED) is 0.420. The van der Waals surface area contributed by atoms with Crippen LogP contribution >= 0.6 is 15.9 Å². The van der Waals surface area contributed by atoms with E-state index in [1.165, 1.54) is 0 Å². The number of pyridine rings is 1. The zero-order chi connectivity index (χ0) is 20.1. The summed E-state index contributed by atoms with van der Waals surface area (Å²) in [5.41, 5.74) is -0.814. The van der Waals surface area contributed by atoms with Crippen LogP contribution in [0.1, 0.15) is 47.1 Å². The first-order valence-electron chi connectivity index (χ1n) is 7.96. The Labute approximate surface area is 161 Å². The Kier molecular flexibility index (Phi) is 7.14. The highest BCUT2D eigenvalue weighted by molar-refractivity contribution is 9.10. The van der Waals surface area contributed by atoms with Gasteiger partial charge in [0, 0.05) is 6.20 Å². The molecule has 0 unspecified atom stereocenters. The summed E-state index contributed by atoms with van der Waals surface area (Å²) in [6, 6.07) is 3.46. The van der Waals surface area contributed by atoms with Gasteiger partial charge in [0.25, 0.3) is 0 Å². The predicted molar refractivity (Wildman–Crippen MR) is 101 cm³/mol. The second-order valence-electron chi connectivity index (χ2n) is 7.53. The molecule has 0 saturated heterocycles. The smallest absolute Gasteiger partial charge is 0.417 e. The van der Waals surface area contributed by atoms with Crippen LogP contribution in [0.5, 0.6) is 0 Å². The highest BCUT2D eigenvalue weighted by Crippen LogP contribution is 2.14. The van der Waals surface area contributed by atoms with Crippen molar-refractivity contribution in [2.24, 2.45) is 0 Å². The Morgan fingerprint density at radius 1 is 1.15 bits per heavy atom. The number of ether oxygens (including phenoxy) is 2. The second kappa shape index (κ2) is 8.48. The largest absolute Gasteiger partial charge is 0.444 e. The highest BCUT2D eigenvalue weighted by atomic mass is 79.9. The van der Waals surface area contributed by atoms with Crippen molar-refractivity contribution in [1.82, 2.24) is 15.2 Å². The molecule has 1 aromatic rings. The standard InChI is InChI=1S/C17H25BrN4O4/c1-16(2,3)25-14(23)21-13(19)22(15(24)26-17(4,5)6)10-11-7-8-12(18)20-9-11/h7-9H,10H2,1-6H3,(H2,19,21,23). The second-order valence-corrected chi connectivity index (χ2v) is 8.34. The van der Waals surface area contributed by atoms with E-state index >= 15 is 0 Å². The lowest BCUT2D eigenvalue weighted by atomic mass is 10.2. The van der Waals surface area contributed by atoms with Gasteiger partial charge >= 0.3 is 12.2 Å². The molecule has 1 heterocycles. The summed E-state index contributed by atoms with van der Waals surface area (Å²) in [6.45, 7) is 10.3. The number of nitrogens with zero attached hydrogens (tertiary/aromatic N) is 2. The molecule has 9 heteroatoms. The van der Waals surface area contributed by atoms with Gasteiger partial charge < -0.3 is 9.47 Å². The fraction of sp³-hybridized carbons (Fsp3) is 0.529. The summed E-state index contributed by atoms with van der Waals surface area (Å²) in [4.78, 5) is 29.5. The van der Waals surface area contributed by atoms with E-state index in [0.29, 0.717) is 10.2 Å². The molecule has 0 aromatic carbocycles. The lowest BCUT2D eigenvalue weighted by Gasteiger charge is -2.28. The number of guanidine groups is 1. The molecule has 0 saturated carbocycles. The van der Waals surface area contributed by atoms with Crippen molar-refractivity contribution in [3.63, 3.8) is 0 Å². The number of hydrogen-bond acceptors (Lipinski definition) is 6. The van der Waals surface area contributed by atoms with E-state index in [-0.39, 0.29) is 6.54 Å². The molecule has 26 heavy (non-hydrogen) atoms. The third kappa shape index (κ3) is 8.28. The highest BCUT2D eigenvalue weighted by Gasteiger charge is 2.27. The number of halogens is 1. The van der Waals surface area contributed by atoms with Crippen molar-refractivity contribution < 1.29 is 19.1 Å². The first-order valence-corrected chi connectivity index (χ1v) is 8.75. The van der Waals surface area contributed by atoms with Gasteiger partial charge in [-0.1, -0.05) is 6.07 Å². The predicted octanol–water partition coefficient (Wildman–Crippen LogP) is 4.04. The molecular formula is C17H25BrN4O4. The molecule has 0 bridgehead atoms. The van der Waals surface area contributed by atoms with Crippen LogP contribution in [0.3, 0.4) is 0 Å². The molecule has 0 aliphatic carbocycles. The Balaban J connectivity index is 2.95. The Hall–Kier alpha value is -2.16. The van der Waals surface area contributed by atoms with E-state index < -0.39 is 29.3 Å². The monoisotopic (exact) mass is 428 g/mol. The summed E-state index contributed by atoms with van der Waals surface area (Å²) in [5, 5.41) is 10.3. The van der Waals surface area contributed by atoms with Crippen LogP contribution in [0.2, 0.25) is 0 Å². The maximum atomic E-state index is 12.5. The SMILES string of the molecule is CC(C)(C)OC(=O)NC(=N)N(Cc1ccc(Br)nc1)C(=O)OC(C)(C)C. The van der Waals surface area contributed by atoms with Crippen molar-refractivity contribution >= 4 is 34.1 Å². The molecule has 144 valence electrons. The first kappa shape index (κ1) is 21.9. The van der Waals surface area contributed by atoms with Gasteiger partial charge in [0.15, 0.2) is 0 Å². The van der Waals surface area contributed by atoms with Crippen LogP contribution in [0.4, 0.5) is 9.59 Å². The Bertz CT molecular complexity index is 663. The fourth-order valence-electron chi connectivity index (χ4n) is 1.70. The third-order valence-electron chi connectivity index (χ3n) is 2.63. The average molecular weight is 429 g/mol. The molecule has 1 aromatic heterocycles. The zero-order valence-electron chi connectivity index (χ0n) is 15.8. The summed E-state index contributed by atoms with van der Waals surface area (Å²) in [6.07, 6.45) is -0.0335. The lowest BCUT2D eigenvalue weighted by molar-refractivity contribution is 0.0346. The lowest BCUT2D eigenvalue weighted by Crippen LogP contribution is -2.49. The van der Waals surface area contributed by atoms with E-state index in [1.807, 2.05) is 0 Å². The van der Waals surface area contributed by atoms with E-state index in [0.717, 1.165) is 4.90 Å². The Morgan fingerprint density at radius 3 is 2.19 bits per heavy atom. The van der Waals surface area contributed by atoms with Crippen LogP contribution < -0.4 is 5.32 Å². The van der Waals surface area contributed by atoms with Gasteiger partial charge in [-0.25, -0.2) is 19.5 Å². The molecule has 2 N–H and O–H groups in total. The van der Waals surface area contributed by atoms with E-state index in [9.17, 15) is 9.59 Å². The summed E-state index contributed by atoms with van der Waals surface area (Å²) in [5.74, 6) is -0.448. The van der Waals surface area contributed by atoms with E-state index in [2.05, 4.69) is 26.2 Å². The minimum Gasteiger partial charge on any atom is -0.444 e. The van der Waals surface area contributed by atoms with Gasteiger partial charge in [0.1, 0.15) is 15.8 Å². The minimum atomic E-state index is -0.829. The van der Waals surface area contributed by atoms with Gasteiger partial charge in [0.2, 0.25) is 5.96 Å². The Morgan fingerprint density at radius 2 is 1.73 bits per heavy atom. The van der Waals surface area contributed by atoms with Crippen molar-refractivity contribution in [2.75, 3.05) is 0 Å². The first-order chi connectivity index (χ1) is 11.8. The summed E-state index contributed by atoms with van der Waals surface area (Å²) in [7, 11) is 0. The number of aromatic nitrogens is 1. The summed E-state index contributed by atoms with van der Waals surface area (Å²) >= 11 is 3.24. The molecular weight excluding hydrogens is 404 g/mol. The minimum absolute atomic E-state index is 0.00379.